The largest absolute Gasteiger partial charge is 0.459 e. The minimum Gasteiger partial charge on any atom is -0.459 e. The van der Waals surface area contributed by atoms with E-state index in [4.69, 9.17) is 9.15 Å². The molecule has 0 aliphatic heterocycles. The molecule has 1 aromatic carbocycles. The molecule has 0 aliphatic carbocycles. The average molecular weight is 365 g/mol. The summed E-state index contributed by atoms with van der Waals surface area (Å²) < 4.78 is 12.4. The number of rotatable bonds is 6. The fourth-order valence-electron chi connectivity index (χ4n) is 2.43. The molecule has 3 aromatic heterocycles. The van der Waals surface area contributed by atoms with Gasteiger partial charge in [0.25, 0.3) is 0 Å². The van der Waals surface area contributed by atoms with Crippen molar-refractivity contribution >= 4 is 17.3 Å². The number of benzene rings is 1. The van der Waals surface area contributed by atoms with Crippen molar-refractivity contribution in [1.82, 2.24) is 14.8 Å². The zero-order chi connectivity index (χ0) is 17.8. The summed E-state index contributed by atoms with van der Waals surface area (Å²) in [5.74, 6) is 0.202. The molecular weight excluding hydrogens is 350 g/mol. The third kappa shape index (κ3) is 3.73. The van der Waals surface area contributed by atoms with Crippen LogP contribution in [-0.2, 0) is 22.6 Å². The maximum absolute atomic E-state index is 12.1. The molecule has 0 fully saturated rings. The Kier molecular flexibility index (Phi) is 4.61. The standard InChI is InChI=1S/C19H15N3O3S/c23-18(9-14-10-20-22(11-14)16-5-2-1-3-6-16)24-12-15-13-25-19(21-15)17-7-4-8-26-17/h1-8,10-11,13H,9,12H2. The molecule has 0 bridgehead atoms. The van der Waals surface area contributed by atoms with E-state index in [0.29, 0.717) is 11.6 Å². The van der Waals surface area contributed by atoms with Crippen LogP contribution in [0, 0.1) is 0 Å². The van der Waals surface area contributed by atoms with Crippen LogP contribution >= 0.6 is 11.3 Å². The molecule has 0 atom stereocenters. The van der Waals surface area contributed by atoms with Gasteiger partial charge >= 0.3 is 5.97 Å². The molecule has 7 heteroatoms. The van der Waals surface area contributed by atoms with Crippen LogP contribution in [0.25, 0.3) is 16.5 Å². The van der Waals surface area contributed by atoms with E-state index >= 15 is 0 Å². The fraction of sp³-hybridized carbons (Fsp3) is 0.105. The number of ether oxygens (including phenoxy) is 1. The second kappa shape index (κ2) is 7.37. The van der Waals surface area contributed by atoms with Crippen LogP contribution in [0.4, 0.5) is 0 Å². The van der Waals surface area contributed by atoms with Gasteiger partial charge in [0.1, 0.15) is 18.6 Å². The molecule has 0 N–H and O–H groups in total. The maximum Gasteiger partial charge on any atom is 0.310 e. The van der Waals surface area contributed by atoms with Crippen LogP contribution in [0.15, 0.2) is 70.9 Å². The van der Waals surface area contributed by atoms with Gasteiger partial charge < -0.3 is 9.15 Å². The van der Waals surface area contributed by atoms with E-state index in [1.54, 1.807) is 22.2 Å². The van der Waals surface area contributed by atoms with E-state index in [0.717, 1.165) is 16.1 Å². The summed E-state index contributed by atoms with van der Waals surface area (Å²) in [6, 6.07) is 13.6. The first-order chi connectivity index (χ1) is 12.8. The van der Waals surface area contributed by atoms with Crippen molar-refractivity contribution in [2.24, 2.45) is 0 Å². The Morgan fingerprint density at radius 2 is 2.08 bits per heavy atom. The number of hydrogen-bond donors (Lipinski definition) is 0. The SMILES string of the molecule is O=C(Cc1cnn(-c2ccccc2)c1)OCc1coc(-c2cccs2)n1. The molecule has 0 saturated heterocycles. The molecule has 3 heterocycles. The Balaban J connectivity index is 1.33. The van der Waals surface area contributed by atoms with Crippen molar-refractivity contribution in [2.45, 2.75) is 13.0 Å². The predicted molar refractivity (Wildman–Crippen MR) is 96.9 cm³/mol. The lowest BCUT2D eigenvalue weighted by Crippen LogP contribution is -2.07. The van der Waals surface area contributed by atoms with E-state index in [-0.39, 0.29) is 19.0 Å². The van der Waals surface area contributed by atoms with Crippen molar-refractivity contribution in [3.8, 4) is 16.5 Å². The summed E-state index contributed by atoms with van der Waals surface area (Å²) in [4.78, 5) is 17.3. The normalized spacial score (nSPS) is 10.8. The molecule has 130 valence electrons. The van der Waals surface area contributed by atoms with E-state index in [1.807, 2.05) is 54.0 Å². The lowest BCUT2D eigenvalue weighted by molar-refractivity contribution is -0.144. The van der Waals surface area contributed by atoms with Gasteiger partial charge in [-0.25, -0.2) is 9.67 Å². The molecular formula is C19H15N3O3S. The summed E-state index contributed by atoms with van der Waals surface area (Å²) in [7, 11) is 0. The molecule has 0 unspecified atom stereocenters. The Morgan fingerprint density at radius 1 is 1.19 bits per heavy atom. The highest BCUT2D eigenvalue weighted by Crippen LogP contribution is 2.23. The third-order valence-corrected chi connectivity index (χ3v) is 4.53. The van der Waals surface area contributed by atoms with Gasteiger partial charge in [-0.1, -0.05) is 24.3 Å². The number of carbonyl (C=O) groups is 1. The van der Waals surface area contributed by atoms with Crippen molar-refractivity contribution in [2.75, 3.05) is 0 Å². The number of hydrogen-bond acceptors (Lipinski definition) is 6. The van der Waals surface area contributed by atoms with E-state index in [1.165, 1.54) is 6.26 Å². The topological polar surface area (TPSA) is 70.2 Å². The second-order valence-corrected chi connectivity index (χ2v) is 6.54. The Bertz CT molecular complexity index is 990. The van der Waals surface area contributed by atoms with Crippen molar-refractivity contribution in [1.29, 1.82) is 0 Å². The monoisotopic (exact) mass is 365 g/mol. The number of para-hydroxylation sites is 1. The highest BCUT2D eigenvalue weighted by molar-refractivity contribution is 7.13. The smallest absolute Gasteiger partial charge is 0.310 e. The van der Waals surface area contributed by atoms with Crippen LogP contribution in [0.3, 0.4) is 0 Å². The Labute approximate surface area is 153 Å². The predicted octanol–water partition coefficient (Wildman–Crippen LogP) is 3.87. The van der Waals surface area contributed by atoms with Crippen molar-refractivity contribution < 1.29 is 13.9 Å². The number of aromatic nitrogens is 3. The van der Waals surface area contributed by atoms with Crippen LogP contribution in [0.1, 0.15) is 11.3 Å². The minimum absolute atomic E-state index is 0.0839. The molecule has 0 radical (unpaired) electrons. The van der Waals surface area contributed by atoms with Gasteiger partial charge in [-0.2, -0.15) is 5.10 Å². The summed E-state index contributed by atoms with van der Waals surface area (Å²) in [6.45, 7) is 0.0839. The molecule has 4 aromatic rings. The maximum atomic E-state index is 12.1. The number of esters is 1. The first-order valence-electron chi connectivity index (χ1n) is 8.01. The lowest BCUT2D eigenvalue weighted by Gasteiger charge is -2.01. The summed E-state index contributed by atoms with van der Waals surface area (Å²) in [5, 5.41) is 6.23. The second-order valence-electron chi connectivity index (χ2n) is 5.59. The van der Waals surface area contributed by atoms with E-state index in [2.05, 4.69) is 10.1 Å². The molecule has 6 nitrogen and oxygen atoms in total. The zero-order valence-electron chi connectivity index (χ0n) is 13.7. The van der Waals surface area contributed by atoms with E-state index in [9.17, 15) is 4.79 Å². The summed E-state index contributed by atoms with van der Waals surface area (Å²) in [5.41, 5.74) is 2.32. The van der Waals surface area contributed by atoms with Crippen molar-refractivity contribution in [3.63, 3.8) is 0 Å². The Morgan fingerprint density at radius 3 is 2.88 bits per heavy atom. The van der Waals surface area contributed by atoms with E-state index < -0.39 is 0 Å². The van der Waals surface area contributed by atoms with Crippen LogP contribution in [-0.4, -0.2) is 20.7 Å². The lowest BCUT2D eigenvalue weighted by atomic mass is 10.2. The van der Waals surface area contributed by atoms with Crippen LogP contribution < -0.4 is 0 Å². The van der Waals surface area contributed by atoms with Gasteiger partial charge in [-0.3, -0.25) is 4.79 Å². The Hall–Kier alpha value is -3.19. The summed E-state index contributed by atoms with van der Waals surface area (Å²) >= 11 is 1.54. The van der Waals surface area contributed by atoms with Crippen molar-refractivity contribution in [3.05, 3.63) is 77.8 Å². The molecule has 0 spiro atoms. The molecule has 0 aliphatic rings. The number of carbonyl (C=O) groups excluding carboxylic acids is 1. The molecule has 0 amide bonds. The minimum atomic E-state index is -0.335. The number of nitrogens with zero attached hydrogens (tertiary/aromatic N) is 3. The van der Waals surface area contributed by atoms with Crippen LogP contribution in [0.2, 0.25) is 0 Å². The van der Waals surface area contributed by atoms with Gasteiger partial charge in [0, 0.05) is 11.8 Å². The van der Waals surface area contributed by atoms with Crippen LogP contribution in [0.5, 0.6) is 0 Å². The quantitative estimate of drug-likeness (QED) is 0.485. The average Bonchev–Trinajstić information content (AvgIpc) is 3.41. The highest BCUT2D eigenvalue weighted by Gasteiger charge is 2.11. The molecule has 4 rings (SSSR count). The fourth-order valence-corrected chi connectivity index (χ4v) is 3.09. The van der Waals surface area contributed by atoms with Gasteiger partial charge in [-0.05, 0) is 23.6 Å². The zero-order valence-corrected chi connectivity index (χ0v) is 14.6. The molecule has 26 heavy (non-hydrogen) atoms. The van der Waals surface area contributed by atoms with Gasteiger partial charge in [0.05, 0.1) is 23.2 Å². The number of oxazole rings is 1. The third-order valence-electron chi connectivity index (χ3n) is 3.67. The summed E-state index contributed by atoms with van der Waals surface area (Å²) in [6.07, 6.45) is 5.15. The van der Waals surface area contributed by atoms with Gasteiger partial charge in [-0.15, -0.1) is 11.3 Å². The van der Waals surface area contributed by atoms with Gasteiger partial charge in [0.2, 0.25) is 5.89 Å². The van der Waals surface area contributed by atoms with Gasteiger partial charge in [0.15, 0.2) is 0 Å². The number of thiophene rings is 1. The first kappa shape index (κ1) is 16.3. The first-order valence-corrected chi connectivity index (χ1v) is 8.89. The highest BCUT2D eigenvalue weighted by atomic mass is 32.1. The molecule has 0 saturated carbocycles.